The van der Waals surface area contributed by atoms with Crippen LogP contribution in [0.2, 0.25) is 0 Å². The van der Waals surface area contributed by atoms with Gasteiger partial charge in [0, 0.05) is 20.0 Å². The van der Waals surface area contributed by atoms with Crippen molar-refractivity contribution in [2.45, 2.75) is 39.2 Å². The minimum Gasteiger partial charge on any atom is -0.480 e. The molecule has 104 valence electrons. The smallest absolute Gasteiger partial charge is 0.326 e. The lowest BCUT2D eigenvalue weighted by Crippen LogP contribution is -2.46. The van der Waals surface area contributed by atoms with E-state index in [-0.39, 0.29) is 11.8 Å². The zero-order chi connectivity index (χ0) is 13.7. The molecule has 1 aliphatic rings. The van der Waals surface area contributed by atoms with Gasteiger partial charge in [0.25, 0.3) is 0 Å². The average Bonchev–Trinajstić information content (AvgIpc) is 2.77. The fraction of sp³-hybridized carbons (Fsp3) is 0.846. The van der Waals surface area contributed by atoms with Crippen LogP contribution in [0.4, 0.5) is 0 Å². The predicted molar refractivity (Wildman–Crippen MR) is 69.3 cm³/mol. The fourth-order valence-corrected chi connectivity index (χ4v) is 2.49. The summed E-state index contributed by atoms with van der Waals surface area (Å²) in [5, 5.41) is 9.14. The number of rotatable bonds is 6. The minimum absolute atomic E-state index is 0.0803. The highest BCUT2D eigenvalue weighted by atomic mass is 16.4. The molecule has 1 rings (SSSR count). The molecule has 0 aromatic heterocycles. The molecule has 0 bridgehead atoms. The Morgan fingerprint density at radius 2 is 1.83 bits per heavy atom. The van der Waals surface area contributed by atoms with Gasteiger partial charge in [0.05, 0.1) is 0 Å². The summed E-state index contributed by atoms with van der Waals surface area (Å²) in [6.07, 6.45) is 2.81. The van der Waals surface area contributed by atoms with Crippen molar-refractivity contribution in [3.8, 4) is 0 Å². The van der Waals surface area contributed by atoms with Crippen LogP contribution < -0.4 is 0 Å². The monoisotopic (exact) mass is 256 g/mol. The molecule has 0 radical (unpaired) electrons. The van der Waals surface area contributed by atoms with Gasteiger partial charge in [0.2, 0.25) is 5.91 Å². The highest BCUT2D eigenvalue weighted by molar-refractivity contribution is 5.83. The van der Waals surface area contributed by atoms with Crippen molar-refractivity contribution in [1.82, 2.24) is 9.80 Å². The second kappa shape index (κ2) is 6.73. The standard InChI is InChI=1S/C13H24N2O3/c1-10(2)12(13(17)18)14(3)11(16)6-9-15-7-4-5-8-15/h10,12H,4-9H2,1-3H3,(H,17,18). The lowest BCUT2D eigenvalue weighted by molar-refractivity contribution is -0.151. The van der Waals surface area contributed by atoms with Crippen LogP contribution in [0.5, 0.6) is 0 Å². The van der Waals surface area contributed by atoms with E-state index in [4.69, 9.17) is 5.11 Å². The van der Waals surface area contributed by atoms with E-state index in [0.717, 1.165) is 19.6 Å². The van der Waals surface area contributed by atoms with Crippen molar-refractivity contribution in [2.75, 3.05) is 26.7 Å². The molecular weight excluding hydrogens is 232 g/mol. The summed E-state index contributed by atoms with van der Waals surface area (Å²) in [7, 11) is 1.59. The van der Waals surface area contributed by atoms with Crippen LogP contribution in [0.15, 0.2) is 0 Å². The van der Waals surface area contributed by atoms with Crippen LogP contribution in [0.3, 0.4) is 0 Å². The summed E-state index contributed by atoms with van der Waals surface area (Å²) in [6.45, 7) is 6.51. The average molecular weight is 256 g/mol. The van der Waals surface area contributed by atoms with Crippen LogP contribution in [-0.2, 0) is 9.59 Å². The third-order valence-electron chi connectivity index (χ3n) is 3.54. The van der Waals surface area contributed by atoms with Gasteiger partial charge in [0.15, 0.2) is 0 Å². The number of nitrogens with zero attached hydrogens (tertiary/aromatic N) is 2. The first-order chi connectivity index (χ1) is 8.43. The number of amides is 1. The van der Waals surface area contributed by atoms with Gasteiger partial charge >= 0.3 is 5.97 Å². The molecule has 0 saturated carbocycles. The topological polar surface area (TPSA) is 60.9 Å². The van der Waals surface area contributed by atoms with E-state index in [1.54, 1.807) is 7.05 Å². The van der Waals surface area contributed by atoms with Crippen molar-refractivity contribution in [1.29, 1.82) is 0 Å². The number of carboxylic acids is 1. The van der Waals surface area contributed by atoms with Crippen LogP contribution in [-0.4, -0.2) is 59.5 Å². The molecule has 5 heteroatoms. The maximum absolute atomic E-state index is 12.0. The summed E-state index contributed by atoms with van der Waals surface area (Å²) in [5.41, 5.74) is 0. The Hall–Kier alpha value is -1.10. The number of aliphatic carboxylic acids is 1. The molecule has 1 heterocycles. The number of carbonyl (C=O) groups is 2. The quantitative estimate of drug-likeness (QED) is 0.771. The molecule has 18 heavy (non-hydrogen) atoms. The molecule has 1 saturated heterocycles. The summed E-state index contributed by atoms with van der Waals surface area (Å²) in [4.78, 5) is 26.8. The minimum atomic E-state index is -0.929. The Bertz CT molecular complexity index is 299. The molecule has 1 fully saturated rings. The molecule has 1 N–H and O–H groups in total. The number of hydrogen-bond acceptors (Lipinski definition) is 3. The van der Waals surface area contributed by atoms with Gasteiger partial charge in [0.1, 0.15) is 6.04 Å². The van der Waals surface area contributed by atoms with Crippen LogP contribution in [0.1, 0.15) is 33.1 Å². The molecule has 0 aliphatic carbocycles. The van der Waals surface area contributed by atoms with Gasteiger partial charge in [-0.1, -0.05) is 13.8 Å². The lowest BCUT2D eigenvalue weighted by Gasteiger charge is -2.28. The molecule has 1 atom stereocenters. The van der Waals surface area contributed by atoms with Crippen LogP contribution >= 0.6 is 0 Å². The first-order valence-electron chi connectivity index (χ1n) is 6.64. The summed E-state index contributed by atoms with van der Waals surface area (Å²) >= 11 is 0. The van der Waals surface area contributed by atoms with E-state index in [2.05, 4.69) is 4.90 Å². The number of likely N-dealkylation sites (N-methyl/N-ethyl adjacent to an activating group) is 1. The van der Waals surface area contributed by atoms with E-state index < -0.39 is 12.0 Å². The Kier molecular flexibility index (Phi) is 5.59. The van der Waals surface area contributed by atoms with E-state index in [1.807, 2.05) is 13.8 Å². The van der Waals surface area contributed by atoms with Gasteiger partial charge in [-0.2, -0.15) is 0 Å². The molecule has 5 nitrogen and oxygen atoms in total. The maximum Gasteiger partial charge on any atom is 0.326 e. The number of hydrogen-bond donors (Lipinski definition) is 1. The lowest BCUT2D eigenvalue weighted by atomic mass is 10.0. The Morgan fingerprint density at radius 3 is 2.28 bits per heavy atom. The van der Waals surface area contributed by atoms with Gasteiger partial charge < -0.3 is 14.9 Å². The largest absolute Gasteiger partial charge is 0.480 e. The number of carboxylic acid groups (broad SMARTS) is 1. The van der Waals surface area contributed by atoms with Crippen molar-refractivity contribution >= 4 is 11.9 Å². The molecule has 1 aliphatic heterocycles. The molecule has 0 aromatic carbocycles. The first kappa shape index (κ1) is 15.0. The van der Waals surface area contributed by atoms with Gasteiger partial charge in [-0.15, -0.1) is 0 Å². The van der Waals surface area contributed by atoms with Gasteiger partial charge in [-0.25, -0.2) is 4.79 Å². The Morgan fingerprint density at radius 1 is 1.28 bits per heavy atom. The van der Waals surface area contributed by atoms with Crippen molar-refractivity contribution in [3.63, 3.8) is 0 Å². The van der Waals surface area contributed by atoms with Crippen LogP contribution in [0.25, 0.3) is 0 Å². The maximum atomic E-state index is 12.0. The number of likely N-dealkylation sites (tertiary alicyclic amines) is 1. The highest BCUT2D eigenvalue weighted by Gasteiger charge is 2.29. The molecule has 0 aromatic rings. The summed E-state index contributed by atoms with van der Waals surface area (Å²) in [5.74, 6) is -1.09. The van der Waals surface area contributed by atoms with Gasteiger partial charge in [-0.3, -0.25) is 4.79 Å². The zero-order valence-corrected chi connectivity index (χ0v) is 11.6. The molecule has 1 amide bonds. The zero-order valence-electron chi connectivity index (χ0n) is 11.6. The SMILES string of the molecule is CC(C)C(C(=O)O)N(C)C(=O)CCN1CCCC1. The Labute approximate surface area is 109 Å². The van der Waals surface area contributed by atoms with E-state index in [1.165, 1.54) is 17.7 Å². The van der Waals surface area contributed by atoms with Gasteiger partial charge in [-0.05, 0) is 31.8 Å². The predicted octanol–water partition coefficient (Wildman–Crippen LogP) is 1.04. The van der Waals surface area contributed by atoms with Crippen molar-refractivity contribution < 1.29 is 14.7 Å². The highest BCUT2D eigenvalue weighted by Crippen LogP contribution is 2.12. The second-order valence-electron chi connectivity index (χ2n) is 5.33. The summed E-state index contributed by atoms with van der Waals surface area (Å²) < 4.78 is 0. The third-order valence-corrected chi connectivity index (χ3v) is 3.54. The Balaban J connectivity index is 2.45. The van der Waals surface area contributed by atoms with Crippen molar-refractivity contribution in [2.24, 2.45) is 5.92 Å². The van der Waals surface area contributed by atoms with E-state index >= 15 is 0 Å². The fourth-order valence-electron chi connectivity index (χ4n) is 2.49. The van der Waals surface area contributed by atoms with Crippen LogP contribution in [0, 0.1) is 5.92 Å². The van der Waals surface area contributed by atoms with Crippen molar-refractivity contribution in [3.05, 3.63) is 0 Å². The molecule has 1 unspecified atom stereocenters. The number of carbonyl (C=O) groups excluding carboxylic acids is 1. The second-order valence-corrected chi connectivity index (χ2v) is 5.33. The third kappa shape index (κ3) is 3.98. The first-order valence-corrected chi connectivity index (χ1v) is 6.64. The molecule has 0 spiro atoms. The van der Waals surface area contributed by atoms with E-state index in [0.29, 0.717) is 6.42 Å². The summed E-state index contributed by atoms with van der Waals surface area (Å²) in [6, 6.07) is -0.726. The van der Waals surface area contributed by atoms with E-state index in [9.17, 15) is 9.59 Å². The normalized spacial score (nSPS) is 18.0. The molecular formula is C13H24N2O3.